The van der Waals surface area contributed by atoms with Crippen molar-refractivity contribution < 1.29 is 4.74 Å². The van der Waals surface area contributed by atoms with Crippen molar-refractivity contribution in [3.63, 3.8) is 0 Å². The molecule has 0 saturated carbocycles. The molecule has 0 spiro atoms. The van der Waals surface area contributed by atoms with Crippen LogP contribution in [0.25, 0.3) is 10.9 Å². The minimum Gasteiger partial charge on any atom is -0.480 e. The molecule has 5 nitrogen and oxygen atoms in total. The number of aryl methyl sites for hydroxylation is 1. The van der Waals surface area contributed by atoms with Gasteiger partial charge in [0.25, 0.3) is 0 Å². The highest BCUT2D eigenvalue weighted by Gasteiger charge is 2.21. The van der Waals surface area contributed by atoms with Crippen molar-refractivity contribution in [3.05, 3.63) is 17.6 Å². The first-order valence-corrected chi connectivity index (χ1v) is 10.1. The van der Waals surface area contributed by atoms with Crippen LogP contribution in [0.5, 0.6) is 5.88 Å². The molecule has 1 aliphatic heterocycles. The lowest BCUT2D eigenvalue weighted by atomic mass is 10.1. The Kier molecular flexibility index (Phi) is 9.31. The monoisotopic (exact) mass is 360 g/mol. The van der Waals surface area contributed by atoms with Crippen LogP contribution in [0.2, 0.25) is 0 Å². The van der Waals surface area contributed by atoms with E-state index in [4.69, 9.17) is 14.7 Å². The minimum absolute atomic E-state index is 0.299. The first-order valence-electron chi connectivity index (χ1n) is 10.1. The Morgan fingerprint density at radius 1 is 0.962 bits per heavy atom. The first kappa shape index (κ1) is 22.1. The molecular formula is C21H36N4O. The summed E-state index contributed by atoms with van der Waals surface area (Å²) in [5, 5.41) is 0.944. The number of ether oxygens (including phenoxy) is 1. The summed E-state index contributed by atoms with van der Waals surface area (Å²) in [6.07, 6.45) is 3.72. The van der Waals surface area contributed by atoms with Gasteiger partial charge in [0.1, 0.15) is 17.0 Å². The zero-order chi connectivity index (χ0) is 19.7. The van der Waals surface area contributed by atoms with Crippen molar-refractivity contribution in [2.75, 3.05) is 25.1 Å². The molecule has 0 aliphatic carbocycles. The molecule has 1 fully saturated rings. The van der Waals surface area contributed by atoms with Gasteiger partial charge in [-0.2, -0.15) is 0 Å². The van der Waals surface area contributed by atoms with E-state index in [1.807, 2.05) is 40.7 Å². The average Bonchev–Trinajstić information content (AvgIpc) is 2.70. The van der Waals surface area contributed by atoms with Crippen molar-refractivity contribution in [1.29, 1.82) is 0 Å². The van der Waals surface area contributed by atoms with Gasteiger partial charge < -0.3 is 9.64 Å². The molecule has 2 aromatic rings. The SMILES string of the molecule is CC.CC.COc1nc(C)cc2nc(C(C)C)nc(N3CCCCC3)c12. The van der Waals surface area contributed by atoms with Crippen LogP contribution in [-0.4, -0.2) is 35.2 Å². The Bertz CT molecular complexity index is 679. The van der Waals surface area contributed by atoms with Crippen molar-refractivity contribution in [3.8, 4) is 5.88 Å². The Morgan fingerprint density at radius 2 is 1.58 bits per heavy atom. The number of rotatable bonds is 3. The highest BCUT2D eigenvalue weighted by atomic mass is 16.5. The van der Waals surface area contributed by atoms with E-state index in [2.05, 4.69) is 23.7 Å². The van der Waals surface area contributed by atoms with Gasteiger partial charge in [0.05, 0.1) is 12.6 Å². The van der Waals surface area contributed by atoms with Gasteiger partial charge in [-0.1, -0.05) is 41.5 Å². The smallest absolute Gasteiger partial charge is 0.226 e. The topological polar surface area (TPSA) is 51.1 Å². The summed E-state index contributed by atoms with van der Waals surface area (Å²) in [5.74, 6) is 2.80. The third-order valence-electron chi connectivity index (χ3n) is 4.14. The maximum atomic E-state index is 5.52. The Labute approximate surface area is 159 Å². The molecule has 0 atom stereocenters. The fourth-order valence-corrected chi connectivity index (χ4v) is 2.98. The normalized spacial score (nSPS) is 13.7. The lowest BCUT2D eigenvalue weighted by Crippen LogP contribution is -2.31. The minimum atomic E-state index is 0.299. The maximum Gasteiger partial charge on any atom is 0.226 e. The fraction of sp³-hybridized carbons (Fsp3) is 0.667. The molecule has 0 radical (unpaired) electrons. The summed E-state index contributed by atoms with van der Waals surface area (Å²) in [4.78, 5) is 16.5. The molecule has 0 amide bonds. The maximum absolute atomic E-state index is 5.52. The number of nitrogens with zero attached hydrogens (tertiary/aromatic N) is 4. The van der Waals surface area contributed by atoms with Gasteiger partial charge in [-0.05, 0) is 32.3 Å². The van der Waals surface area contributed by atoms with Crippen LogP contribution in [0.4, 0.5) is 5.82 Å². The van der Waals surface area contributed by atoms with Crippen LogP contribution in [0.1, 0.15) is 78.2 Å². The van der Waals surface area contributed by atoms with Crippen molar-refractivity contribution >= 4 is 16.7 Å². The molecule has 2 aromatic heterocycles. The summed E-state index contributed by atoms with van der Waals surface area (Å²) in [6.45, 7) is 16.3. The second-order valence-corrected chi connectivity index (χ2v) is 6.27. The van der Waals surface area contributed by atoms with Crippen molar-refractivity contribution in [2.24, 2.45) is 0 Å². The van der Waals surface area contributed by atoms with Gasteiger partial charge in [-0.3, -0.25) is 0 Å². The molecular weight excluding hydrogens is 324 g/mol. The molecule has 1 aliphatic rings. The van der Waals surface area contributed by atoms with Crippen LogP contribution in [0.15, 0.2) is 6.07 Å². The van der Waals surface area contributed by atoms with E-state index >= 15 is 0 Å². The molecule has 0 bridgehead atoms. The van der Waals surface area contributed by atoms with Crippen LogP contribution in [-0.2, 0) is 0 Å². The second-order valence-electron chi connectivity index (χ2n) is 6.27. The number of anilines is 1. The van der Waals surface area contributed by atoms with Gasteiger partial charge in [0, 0.05) is 24.7 Å². The van der Waals surface area contributed by atoms with Crippen LogP contribution in [0.3, 0.4) is 0 Å². The standard InChI is InChI=1S/C17H24N4O.2C2H6/c1-11(2)15-19-13-10-12(3)18-17(22-4)14(13)16(20-15)21-8-6-5-7-9-21;2*1-2/h10-11H,5-9H2,1-4H3;2*1-2H3. The van der Waals surface area contributed by atoms with E-state index in [1.165, 1.54) is 19.3 Å². The third kappa shape index (κ3) is 5.05. The molecule has 0 unspecified atom stereocenters. The van der Waals surface area contributed by atoms with E-state index in [0.717, 1.165) is 41.3 Å². The molecule has 3 rings (SSSR count). The summed E-state index contributed by atoms with van der Waals surface area (Å²) >= 11 is 0. The summed E-state index contributed by atoms with van der Waals surface area (Å²) in [7, 11) is 1.66. The predicted octanol–water partition coefficient (Wildman–Crippen LogP) is 5.51. The van der Waals surface area contributed by atoms with E-state index in [9.17, 15) is 0 Å². The fourth-order valence-electron chi connectivity index (χ4n) is 2.98. The van der Waals surface area contributed by atoms with Crippen LogP contribution in [0, 0.1) is 6.92 Å². The van der Waals surface area contributed by atoms with Crippen molar-refractivity contribution in [2.45, 2.75) is 73.6 Å². The van der Waals surface area contributed by atoms with Gasteiger partial charge in [0.15, 0.2) is 0 Å². The molecule has 5 heteroatoms. The second kappa shape index (κ2) is 10.9. The van der Waals surface area contributed by atoms with Gasteiger partial charge in [0.2, 0.25) is 5.88 Å². The summed E-state index contributed by atoms with van der Waals surface area (Å²) in [6, 6.07) is 2.03. The Morgan fingerprint density at radius 3 is 2.12 bits per heavy atom. The number of methoxy groups -OCH3 is 1. The molecule has 0 N–H and O–H groups in total. The Balaban J connectivity index is 0.000000791. The number of piperidine rings is 1. The number of hydrogen-bond acceptors (Lipinski definition) is 5. The molecule has 26 heavy (non-hydrogen) atoms. The highest BCUT2D eigenvalue weighted by molar-refractivity contribution is 5.94. The Hall–Kier alpha value is -1.91. The third-order valence-corrected chi connectivity index (χ3v) is 4.14. The number of pyridine rings is 1. The van der Waals surface area contributed by atoms with E-state index in [1.54, 1.807) is 7.11 Å². The molecule has 3 heterocycles. The van der Waals surface area contributed by atoms with E-state index in [-0.39, 0.29) is 0 Å². The van der Waals surface area contributed by atoms with Crippen LogP contribution < -0.4 is 9.64 Å². The lowest BCUT2D eigenvalue weighted by Gasteiger charge is -2.29. The first-order chi connectivity index (χ1) is 12.6. The van der Waals surface area contributed by atoms with Gasteiger partial charge in [-0.15, -0.1) is 0 Å². The number of hydrogen-bond donors (Lipinski definition) is 0. The highest BCUT2D eigenvalue weighted by Crippen LogP contribution is 2.34. The van der Waals surface area contributed by atoms with E-state index < -0.39 is 0 Å². The summed E-state index contributed by atoms with van der Waals surface area (Å²) < 4.78 is 5.52. The quantitative estimate of drug-likeness (QED) is 0.722. The zero-order valence-corrected chi connectivity index (χ0v) is 17.9. The molecule has 146 valence electrons. The lowest BCUT2D eigenvalue weighted by molar-refractivity contribution is 0.402. The zero-order valence-electron chi connectivity index (χ0n) is 17.9. The number of aromatic nitrogens is 3. The number of fused-ring (bicyclic) bond motifs is 1. The summed E-state index contributed by atoms with van der Waals surface area (Å²) in [5.41, 5.74) is 1.85. The largest absolute Gasteiger partial charge is 0.480 e. The predicted molar refractivity (Wildman–Crippen MR) is 111 cm³/mol. The van der Waals surface area contributed by atoms with Gasteiger partial charge in [-0.25, -0.2) is 15.0 Å². The van der Waals surface area contributed by atoms with Crippen LogP contribution >= 0.6 is 0 Å². The van der Waals surface area contributed by atoms with Gasteiger partial charge >= 0.3 is 0 Å². The average molecular weight is 361 g/mol. The van der Waals surface area contributed by atoms with E-state index in [0.29, 0.717) is 11.8 Å². The molecule has 1 saturated heterocycles. The van der Waals surface area contributed by atoms with Crippen molar-refractivity contribution in [1.82, 2.24) is 15.0 Å². The molecule has 0 aromatic carbocycles.